The summed E-state index contributed by atoms with van der Waals surface area (Å²) in [4.78, 5) is 0. The van der Waals surface area contributed by atoms with E-state index in [0.717, 1.165) is 29.3 Å². The molecular weight excluding hydrogens is 254 g/mol. The fraction of sp³-hybridized carbons (Fsp3) is 0.500. The zero-order valence-electron chi connectivity index (χ0n) is 8.72. The highest BCUT2D eigenvalue weighted by Crippen LogP contribution is 2.37. The lowest BCUT2D eigenvalue weighted by Crippen LogP contribution is -2.08. The SMILES string of the molecule is NCCc1cc2c(c(Br)c1O)CCCC2. The number of rotatable bonds is 2. The van der Waals surface area contributed by atoms with E-state index in [0.29, 0.717) is 12.3 Å². The zero-order chi connectivity index (χ0) is 10.8. The minimum Gasteiger partial charge on any atom is -0.506 e. The highest BCUT2D eigenvalue weighted by atomic mass is 79.9. The van der Waals surface area contributed by atoms with Crippen LogP contribution in [0.15, 0.2) is 10.5 Å². The molecule has 0 unspecified atom stereocenters. The van der Waals surface area contributed by atoms with Gasteiger partial charge in [-0.05, 0) is 71.3 Å². The number of phenolic OH excluding ortho intramolecular Hbond substituents is 1. The summed E-state index contributed by atoms with van der Waals surface area (Å²) in [5.74, 6) is 0.390. The van der Waals surface area contributed by atoms with E-state index in [1.807, 2.05) is 0 Å². The predicted octanol–water partition coefficient (Wildman–Crippen LogP) is 2.53. The summed E-state index contributed by atoms with van der Waals surface area (Å²) in [6.45, 7) is 0.582. The first kappa shape index (κ1) is 11.0. The molecule has 0 aliphatic heterocycles. The lowest BCUT2D eigenvalue weighted by molar-refractivity contribution is 0.462. The van der Waals surface area contributed by atoms with Gasteiger partial charge in [-0.15, -0.1) is 0 Å². The highest BCUT2D eigenvalue weighted by molar-refractivity contribution is 9.10. The van der Waals surface area contributed by atoms with E-state index < -0.39 is 0 Å². The van der Waals surface area contributed by atoms with Gasteiger partial charge in [0.05, 0.1) is 4.47 Å². The fourth-order valence-electron chi connectivity index (χ4n) is 2.25. The van der Waals surface area contributed by atoms with Gasteiger partial charge in [-0.1, -0.05) is 6.07 Å². The Balaban J connectivity index is 2.47. The molecule has 0 spiro atoms. The van der Waals surface area contributed by atoms with Crippen molar-refractivity contribution in [2.24, 2.45) is 5.73 Å². The average molecular weight is 270 g/mol. The number of aryl methyl sites for hydroxylation is 1. The minimum absolute atomic E-state index is 0.390. The molecule has 0 saturated heterocycles. The topological polar surface area (TPSA) is 46.2 Å². The number of benzene rings is 1. The van der Waals surface area contributed by atoms with Gasteiger partial charge >= 0.3 is 0 Å². The molecule has 2 rings (SSSR count). The Morgan fingerprint density at radius 3 is 2.80 bits per heavy atom. The number of fused-ring (bicyclic) bond motifs is 1. The van der Waals surface area contributed by atoms with Crippen LogP contribution in [0.1, 0.15) is 29.5 Å². The maximum absolute atomic E-state index is 9.98. The van der Waals surface area contributed by atoms with E-state index in [9.17, 15) is 5.11 Å². The second kappa shape index (κ2) is 4.54. The Labute approximate surface area is 98.6 Å². The monoisotopic (exact) mass is 269 g/mol. The van der Waals surface area contributed by atoms with E-state index in [2.05, 4.69) is 22.0 Å². The van der Waals surface area contributed by atoms with Crippen molar-refractivity contribution in [2.75, 3.05) is 6.54 Å². The first-order valence-corrected chi connectivity index (χ1v) is 6.25. The summed E-state index contributed by atoms with van der Waals surface area (Å²) >= 11 is 3.50. The average Bonchev–Trinajstić information content (AvgIpc) is 2.26. The molecule has 0 amide bonds. The van der Waals surface area contributed by atoms with Crippen LogP contribution in [0, 0.1) is 0 Å². The van der Waals surface area contributed by atoms with Crippen LogP contribution < -0.4 is 5.73 Å². The van der Waals surface area contributed by atoms with Gasteiger partial charge in [-0.3, -0.25) is 0 Å². The van der Waals surface area contributed by atoms with Crippen LogP contribution in [-0.4, -0.2) is 11.7 Å². The standard InChI is InChI=1S/C12H16BrNO/c13-11-10-4-2-1-3-8(10)7-9(5-6-14)12(11)15/h7,15H,1-6,14H2. The largest absolute Gasteiger partial charge is 0.506 e. The molecule has 0 radical (unpaired) electrons. The van der Waals surface area contributed by atoms with Crippen molar-refractivity contribution in [1.29, 1.82) is 0 Å². The quantitative estimate of drug-likeness (QED) is 0.867. The smallest absolute Gasteiger partial charge is 0.133 e. The molecule has 1 aliphatic carbocycles. The Morgan fingerprint density at radius 1 is 1.33 bits per heavy atom. The Bertz CT molecular complexity index is 376. The van der Waals surface area contributed by atoms with Gasteiger partial charge in [0, 0.05) is 0 Å². The van der Waals surface area contributed by atoms with Crippen LogP contribution in [0.3, 0.4) is 0 Å². The van der Waals surface area contributed by atoms with Crippen molar-refractivity contribution in [1.82, 2.24) is 0 Å². The van der Waals surface area contributed by atoms with Crippen LogP contribution in [-0.2, 0) is 19.3 Å². The first-order valence-electron chi connectivity index (χ1n) is 5.46. The summed E-state index contributed by atoms with van der Waals surface area (Å²) < 4.78 is 0.892. The summed E-state index contributed by atoms with van der Waals surface area (Å²) in [6, 6.07) is 2.13. The van der Waals surface area contributed by atoms with Gasteiger partial charge in [0.25, 0.3) is 0 Å². The minimum atomic E-state index is 0.390. The Kier molecular flexibility index (Phi) is 3.32. The van der Waals surface area contributed by atoms with Crippen molar-refractivity contribution in [3.63, 3.8) is 0 Å². The van der Waals surface area contributed by atoms with Crippen LogP contribution >= 0.6 is 15.9 Å². The van der Waals surface area contributed by atoms with Gasteiger partial charge < -0.3 is 10.8 Å². The van der Waals surface area contributed by atoms with Crippen molar-refractivity contribution in [2.45, 2.75) is 32.1 Å². The molecule has 0 atom stereocenters. The lowest BCUT2D eigenvalue weighted by atomic mass is 9.89. The van der Waals surface area contributed by atoms with Gasteiger partial charge in [-0.2, -0.15) is 0 Å². The molecule has 1 aromatic carbocycles. The first-order chi connectivity index (χ1) is 7.24. The normalized spacial score (nSPS) is 15.1. The van der Waals surface area contributed by atoms with Crippen LogP contribution in [0.25, 0.3) is 0 Å². The lowest BCUT2D eigenvalue weighted by Gasteiger charge is -2.20. The molecule has 0 heterocycles. The van der Waals surface area contributed by atoms with Crippen molar-refractivity contribution in [3.8, 4) is 5.75 Å². The van der Waals surface area contributed by atoms with Crippen LogP contribution in [0.4, 0.5) is 0 Å². The van der Waals surface area contributed by atoms with Crippen molar-refractivity contribution >= 4 is 15.9 Å². The van der Waals surface area contributed by atoms with E-state index >= 15 is 0 Å². The second-order valence-corrected chi connectivity index (χ2v) is 4.87. The molecule has 3 heteroatoms. The maximum Gasteiger partial charge on any atom is 0.133 e. The maximum atomic E-state index is 9.98. The van der Waals surface area contributed by atoms with Crippen LogP contribution in [0.5, 0.6) is 5.75 Å². The third-order valence-electron chi connectivity index (χ3n) is 3.05. The predicted molar refractivity (Wildman–Crippen MR) is 65.2 cm³/mol. The highest BCUT2D eigenvalue weighted by Gasteiger charge is 2.17. The third kappa shape index (κ3) is 2.04. The molecule has 82 valence electrons. The Morgan fingerprint density at radius 2 is 2.07 bits per heavy atom. The zero-order valence-corrected chi connectivity index (χ0v) is 10.3. The summed E-state index contributed by atoms with van der Waals surface area (Å²) in [5, 5.41) is 9.98. The molecule has 15 heavy (non-hydrogen) atoms. The fourth-order valence-corrected chi connectivity index (χ4v) is 2.95. The second-order valence-electron chi connectivity index (χ2n) is 4.08. The summed E-state index contributed by atoms with van der Waals surface area (Å²) in [6.07, 6.45) is 5.43. The summed E-state index contributed by atoms with van der Waals surface area (Å²) in [5.41, 5.74) is 9.18. The van der Waals surface area contributed by atoms with Gasteiger partial charge in [0.2, 0.25) is 0 Å². The van der Waals surface area contributed by atoms with E-state index in [1.54, 1.807) is 0 Å². The number of hydrogen-bond donors (Lipinski definition) is 2. The number of phenols is 1. The third-order valence-corrected chi connectivity index (χ3v) is 3.90. The van der Waals surface area contributed by atoms with Crippen molar-refractivity contribution < 1.29 is 5.11 Å². The molecule has 1 aromatic rings. The van der Waals surface area contributed by atoms with Gasteiger partial charge in [0.15, 0.2) is 0 Å². The summed E-state index contributed by atoms with van der Waals surface area (Å²) in [7, 11) is 0. The van der Waals surface area contributed by atoms with Gasteiger partial charge in [0.1, 0.15) is 5.75 Å². The molecule has 0 bridgehead atoms. The molecule has 3 N–H and O–H groups in total. The number of aromatic hydroxyl groups is 1. The van der Waals surface area contributed by atoms with E-state index in [1.165, 1.54) is 24.0 Å². The van der Waals surface area contributed by atoms with E-state index in [4.69, 9.17) is 5.73 Å². The van der Waals surface area contributed by atoms with Crippen molar-refractivity contribution in [3.05, 3.63) is 27.2 Å². The Hall–Kier alpha value is -0.540. The molecule has 0 saturated carbocycles. The molecule has 2 nitrogen and oxygen atoms in total. The number of nitrogens with two attached hydrogens (primary N) is 1. The van der Waals surface area contributed by atoms with E-state index in [-0.39, 0.29) is 0 Å². The van der Waals surface area contributed by atoms with Gasteiger partial charge in [-0.25, -0.2) is 0 Å². The molecule has 1 aliphatic rings. The number of halogens is 1. The van der Waals surface area contributed by atoms with Crippen LogP contribution in [0.2, 0.25) is 0 Å². The molecule has 0 aromatic heterocycles. The molecule has 0 fully saturated rings. The molecular formula is C12H16BrNO. The number of hydrogen-bond acceptors (Lipinski definition) is 2.